The van der Waals surface area contributed by atoms with Gasteiger partial charge in [-0.1, -0.05) is 18.1 Å². The molecule has 2 fully saturated rings. The van der Waals surface area contributed by atoms with Gasteiger partial charge < -0.3 is 5.32 Å². The van der Waals surface area contributed by atoms with Gasteiger partial charge in [0.05, 0.1) is 18.4 Å². The van der Waals surface area contributed by atoms with Crippen LogP contribution in [0.3, 0.4) is 0 Å². The molecule has 0 spiro atoms. The number of hydrogen-bond donors (Lipinski definition) is 1. The number of rotatable bonds is 7. The molecule has 4 rings (SSSR count). The van der Waals surface area contributed by atoms with Gasteiger partial charge in [-0.3, -0.25) is 19.1 Å². The third-order valence-corrected chi connectivity index (χ3v) is 6.55. The van der Waals surface area contributed by atoms with Crippen molar-refractivity contribution in [2.75, 3.05) is 6.54 Å². The van der Waals surface area contributed by atoms with Crippen LogP contribution in [0.4, 0.5) is 0 Å². The van der Waals surface area contributed by atoms with Crippen molar-refractivity contribution in [2.45, 2.75) is 91.0 Å². The average molecular weight is 400 g/mol. The number of likely N-dealkylation sites (tertiary alicyclic amines) is 1. The highest BCUT2D eigenvalue weighted by Gasteiger charge is 2.28. The van der Waals surface area contributed by atoms with Gasteiger partial charge in [-0.25, -0.2) is 0 Å². The summed E-state index contributed by atoms with van der Waals surface area (Å²) in [6.45, 7) is 10.1. The van der Waals surface area contributed by atoms with Crippen molar-refractivity contribution in [1.29, 1.82) is 0 Å². The summed E-state index contributed by atoms with van der Waals surface area (Å²) in [6, 6.07) is 0.708. The second kappa shape index (κ2) is 8.65. The Morgan fingerprint density at radius 3 is 2.72 bits per heavy atom. The highest BCUT2D eigenvalue weighted by atomic mass is 16.2. The summed E-state index contributed by atoms with van der Waals surface area (Å²) in [6.07, 6.45) is 8.68. The molecule has 158 valence electrons. The second-order valence-corrected chi connectivity index (χ2v) is 8.51. The highest BCUT2D eigenvalue weighted by Crippen LogP contribution is 2.24. The SMILES string of the molecule is CCn1nc(C)c(CN2CCC[C@H]2Cn2cc(C(=O)NC3CCCC3)nn2)c1C. The van der Waals surface area contributed by atoms with Crippen LogP contribution in [0.2, 0.25) is 0 Å². The van der Waals surface area contributed by atoms with E-state index in [1.54, 1.807) is 6.20 Å². The van der Waals surface area contributed by atoms with Gasteiger partial charge in [0.1, 0.15) is 0 Å². The van der Waals surface area contributed by atoms with Crippen molar-refractivity contribution in [2.24, 2.45) is 0 Å². The minimum atomic E-state index is -0.0929. The maximum Gasteiger partial charge on any atom is 0.273 e. The number of carbonyl (C=O) groups excluding carboxylic acids is 1. The molecule has 29 heavy (non-hydrogen) atoms. The van der Waals surface area contributed by atoms with E-state index in [9.17, 15) is 4.79 Å². The lowest BCUT2D eigenvalue weighted by Gasteiger charge is -2.24. The smallest absolute Gasteiger partial charge is 0.273 e. The first-order chi connectivity index (χ1) is 14.0. The van der Waals surface area contributed by atoms with Crippen LogP contribution in [-0.2, 0) is 19.6 Å². The standard InChI is InChI=1S/C21H33N7O/c1-4-28-16(3)19(15(2)24-28)13-26-11-7-10-18(26)12-27-14-20(23-25-27)21(29)22-17-8-5-6-9-17/h14,17-18H,4-13H2,1-3H3,(H,22,29)/t18-/m0/s1. The molecule has 1 aliphatic heterocycles. The van der Waals surface area contributed by atoms with Gasteiger partial charge in [-0.15, -0.1) is 5.10 Å². The molecule has 1 aliphatic carbocycles. The van der Waals surface area contributed by atoms with Gasteiger partial charge in [0.25, 0.3) is 5.91 Å². The minimum absolute atomic E-state index is 0.0929. The predicted molar refractivity (Wildman–Crippen MR) is 111 cm³/mol. The number of carbonyl (C=O) groups is 1. The Labute approximate surface area is 172 Å². The lowest BCUT2D eigenvalue weighted by atomic mass is 10.1. The molecule has 1 saturated carbocycles. The Kier molecular flexibility index (Phi) is 5.99. The Balaban J connectivity index is 1.38. The van der Waals surface area contributed by atoms with Gasteiger partial charge in [0, 0.05) is 36.4 Å². The molecule has 3 heterocycles. The molecule has 0 bridgehead atoms. The monoisotopic (exact) mass is 399 g/mol. The second-order valence-electron chi connectivity index (χ2n) is 8.51. The van der Waals surface area contributed by atoms with E-state index in [4.69, 9.17) is 0 Å². The first-order valence-corrected chi connectivity index (χ1v) is 11.0. The summed E-state index contributed by atoms with van der Waals surface area (Å²) >= 11 is 0. The van der Waals surface area contributed by atoms with E-state index in [2.05, 4.69) is 51.1 Å². The molecule has 2 aromatic heterocycles. The molecule has 2 aliphatic rings. The Hall–Kier alpha value is -2.22. The molecule has 0 aromatic carbocycles. The summed E-state index contributed by atoms with van der Waals surface area (Å²) in [5.41, 5.74) is 4.16. The van der Waals surface area contributed by atoms with Crippen LogP contribution in [0, 0.1) is 13.8 Å². The van der Waals surface area contributed by atoms with Crippen molar-refractivity contribution >= 4 is 5.91 Å². The number of hydrogen-bond acceptors (Lipinski definition) is 5. The lowest BCUT2D eigenvalue weighted by molar-refractivity contribution is 0.0932. The van der Waals surface area contributed by atoms with Crippen LogP contribution in [0.5, 0.6) is 0 Å². The minimum Gasteiger partial charge on any atom is -0.348 e. The van der Waals surface area contributed by atoms with E-state index >= 15 is 0 Å². The number of amides is 1. The fourth-order valence-corrected chi connectivity index (χ4v) is 4.82. The fraction of sp³-hybridized carbons (Fsp3) is 0.714. The number of nitrogens with one attached hydrogen (secondary N) is 1. The zero-order valence-electron chi connectivity index (χ0n) is 17.9. The van der Waals surface area contributed by atoms with E-state index in [0.717, 1.165) is 51.1 Å². The topological polar surface area (TPSA) is 80.9 Å². The average Bonchev–Trinajstić information content (AvgIpc) is 3.48. The quantitative estimate of drug-likeness (QED) is 0.773. The molecule has 1 atom stereocenters. The van der Waals surface area contributed by atoms with Crippen LogP contribution in [0.1, 0.15) is 72.9 Å². The van der Waals surface area contributed by atoms with Crippen molar-refractivity contribution in [3.05, 3.63) is 28.8 Å². The molecule has 8 nitrogen and oxygen atoms in total. The number of nitrogens with zero attached hydrogens (tertiary/aromatic N) is 6. The van der Waals surface area contributed by atoms with Gasteiger partial charge in [0.15, 0.2) is 5.69 Å². The van der Waals surface area contributed by atoms with Crippen molar-refractivity contribution in [3.8, 4) is 0 Å². The fourth-order valence-electron chi connectivity index (χ4n) is 4.82. The Bertz CT molecular complexity index is 849. The van der Waals surface area contributed by atoms with E-state index in [-0.39, 0.29) is 5.91 Å². The third-order valence-electron chi connectivity index (χ3n) is 6.55. The number of aryl methyl sites for hydroxylation is 2. The molecule has 1 amide bonds. The Morgan fingerprint density at radius 1 is 1.21 bits per heavy atom. The maximum atomic E-state index is 12.4. The summed E-state index contributed by atoms with van der Waals surface area (Å²) in [5.74, 6) is -0.0929. The van der Waals surface area contributed by atoms with Gasteiger partial charge in [0.2, 0.25) is 0 Å². The molecule has 1 N–H and O–H groups in total. The van der Waals surface area contributed by atoms with E-state index in [1.807, 2.05) is 4.68 Å². The molecular formula is C21H33N7O. The first-order valence-electron chi connectivity index (χ1n) is 11.0. The van der Waals surface area contributed by atoms with Crippen molar-refractivity contribution < 1.29 is 4.79 Å². The first kappa shape index (κ1) is 20.1. The van der Waals surface area contributed by atoms with Crippen molar-refractivity contribution in [1.82, 2.24) is 35.0 Å². The van der Waals surface area contributed by atoms with E-state index < -0.39 is 0 Å². The molecule has 0 radical (unpaired) electrons. The third kappa shape index (κ3) is 4.37. The van der Waals surface area contributed by atoms with Crippen LogP contribution in [0.25, 0.3) is 0 Å². The molecular weight excluding hydrogens is 366 g/mol. The summed E-state index contributed by atoms with van der Waals surface area (Å²) in [5, 5.41) is 16.1. The zero-order chi connectivity index (χ0) is 20.4. The van der Waals surface area contributed by atoms with E-state index in [0.29, 0.717) is 17.8 Å². The largest absolute Gasteiger partial charge is 0.348 e. The van der Waals surface area contributed by atoms with Crippen LogP contribution >= 0.6 is 0 Å². The van der Waals surface area contributed by atoms with Gasteiger partial charge in [-0.05, 0) is 53.0 Å². The number of aromatic nitrogens is 5. The van der Waals surface area contributed by atoms with E-state index in [1.165, 1.54) is 30.5 Å². The van der Waals surface area contributed by atoms with Crippen LogP contribution in [0.15, 0.2) is 6.20 Å². The highest BCUT2D eigenvalue weighted by molar-refractivity contribution is 5.92. The zero-order valence-corrected chi connectivity index (χ0v) is 17.9. The summed E-state index contributed by atoms with van der Waals surface area (Å²) in [4.78, 5) is 14.9. The predicted octanol–water partition coefficient (Wildman–Crippen LogP) is 2.45. The van der Waals surface area contributed by atoms with Crippen molar-refractivity contribution in [3.63, 3.8) is 0 Å². The van der Waals surface area contributed by atoms with Crippen LogP contribution in [-0.4, -0.2) is 54.2 Å². The maximum absolute atomic E-state index is 12.4. The normalized spacial score (nSPS) is 20.6. The molecule has 1 saturated heterocycles. The lowest BCUT2D eigenvalue weighted by Crippen LogP contribution is -2.33. The van der Waals surface area contributed by atoms with Gasteiger partial charge >= 0.3 is 0 Å². The van der Waals surface area contributed by atoms with Crippen LogP contribution < -0.4 is 5.32 Å². The summed E-state index contributed by atoms with van der Waals surface area (Å²) < 4.78 is 3.92. The molecule has 8 heteroatoms. The van der Waals surface area contributed by atoms with Gasteiger partial charge in [-0.2, -0.15) is 5.10 Å². The molecule has 0 unspecified atom stereocenters. The Morgan fingerprint density at radius 2 is 2.00 bits per heavy atom. The molecule has 2 aromatic rings. The summed E-state index contributed by atoms with van der Waals surface area (Å²) in [7, 11) is 0.